The van der Waals surface area contributed by atoms with Gasteiger partial charge in [0.25, 0.3) is 0 Å². The predicted octanol–water partition coefficient (Wildman–Crippen LogP) is 5.00. The Morgan fingerprint density at radius 1 is 1.19 bits per heavy atom. The summed E-state index contributed by atoms with van der Waals surface area (Å²) in [5.74, 6) is 1.07. The summed E-state index contributed by atoms with van der Waals surface area (Å²) in [5.41, 5.74) is 2.54. The molecule has 0 bridgehead atoms. The van der Waals surface area contributed by atoms with E-state index in [1.54, 1.807) is 6.07 Å². The number of aryl methyl sites for hydroxylation is 1. The molecular formula is C17H17ClN2O. The maximum atomic E-state index is 8.99. The van der Waals surface area contributed by atoms with Gasteiger partial charge in [-0.05, 0) is 30.0 Å². The van der Waals surface area contributed by atoms with Crippen molar-refractivity contribution < 1.29 is 4.74 Å². The molecule has 0 aliphatic heterocycles. The monoisotopic (exact) mass is 300 g/mol. The normalized spacial score (nSPS) is 11.0. The van der Waals surface area contributed by atoms with Crippen molar-refractivity contribution in [1.29, 1.82) is 5.26 Å². The summed E-state index contributed by atoms with van der Waals surface area (Å²) in [6, 6.07) is 11.2. The summed E-state index contributed by atoms with van der Waals surface area (Å²) >= 11 is 5.91. The Kier molecular flexibility index (Phi) is 4.20. The van der Waals surface area contributed by atoms with E-state index in [0.717, 1.165) is 16.9 Å². The summed E-state index contributed by atoms with van der Waals surface area (Å²) in [7, 11) is 0. The van der Waals surface area contributed by atoms with Crippen LogP contribution in [0.25, 0.3) is 0 Å². The zero-order valence-corrected chi connectivity index (χ0v) is 13.3. The molecule has 0 fully saturated rings. The molecular weight excluding hydrogens is 284 g/mol. The standard InChI is InChI=1S/C17H17ClN2O/c1-11-5-6-13(17(2,3)4)14(7-11)21-16-9-12(10-19)8-15(18)20-16/h5-9H,1-4H3. The molecule has 0 atom stereocenters. The molecule has 0 aliphatic carbocycles. The van der Waals surface area contributed by atoms with Crippen LogP contribution in [0.3, 0.4) is 0 Å². The summed E-state index contributed by atoms with van der Waals surface area (Å²) in [6.07, 6.45) is 0. The lowest BCUT2D eigenvalue weighted by molar-refractivity contribution is 0.439. The third-order valence-corrected chi connectivity index (χ3v) is 3.25. The average Bonchev–Trinajstić information content (AvgIpc) is 2.36. The minimum atomic E-state index is -0.0559. The minimum Gasteiger partial charge on any atom is -0.439 e. The molecule has 21 heavy (non-hydrogen) atoms. The van der Waals surface area contributed by atoms with Crippen LogP contribution in [0.5, 0.6) is 11.6 Å². The molecule has 0 aliphatic rings. The van der Waals surface area contributed by atoms with Crippen molar-refractivity contribution in [2.75, 3.05) is 0 Å². The van der Waals surface area contributed by atoms with E-state index >= 15 is 0 Å². The second-order valence-electron chi connectivity index (χ2n) is 5.98. The Morgan fingerprint density at radius 2 is 1.90 bits per heavy atom. The number of nitriles is 1. The number of aromatic nitrogens is 1. The summed E-state index contributed by atoms with van der Waals surface area (Å²) in [5, 5.41) is 9.23. The highest BCUT2D eigenvalue weighted by Gasteiger charge is 2.20. The van der Waals surface area contributed by atoms with Crippen LogP contribution in [-0.4, -0.2) is 4.98 Å². The number of halogens is 1. The Morgan fingerprint density at radius 3 is 2.52 bits per heavy atom. The number of hydrogen-bond acceptors (Lipinski definition) is 3. The molecule has 0 spiro atoms. The minimum absolute atomic E-state index is 0.0559. The number of hydrogen-bond donors (Lipinski definition) is 0. The summed E-state index contributed by atoms with van der Waals surface area (Å²) in [6.45, 7) is 8.37. The first-order chi connectivity index (χ1) is 9.79. The largest absolute Gasteiger partial charge is 0.439 e. The van der Waals surface area contributed by atoms with Gasteiger partial charge in [-0.25, -0.2) is 4.98 Å². The summed E-state index contributed by atoms with van der Waals surface area (Å²) < 4.78 is 5.89. The average molecular weight is 301 g/mol. The van der Waals surface area contributed by atoms with Crippen molar-refractivity contribution in [3.05, 3.63) is 52.2 Å². The maximum absolute atomic E-state index is 8.99. The lowest BCUT2D eigenvalue weighted by Gasteiger charge is -2.22. The first-order valence-corrected chi connectivity index (χ1v) is 7.04. The maximum Gasteiger partial charge on any atom is 0.221 e. The van der Waals surface area contributed by atoms with Gasteiger partial charge in [0.2, 0.25) is 5.88 Å². The van der Waals surface area contributed by atoms with E-state index in [2.05, 4.69) is 37.9 Å². The smallest absolute Gasteiger partial charge is 0.221 e. The Balaban J connectivity index is 2.47. The molecule has 0 saturated heterocycles. The highest BCUT2D eigenvalue weighted by Crippen LogP contribution is 2.34. The van der Waals surface area contributed by atoms with Crippen molar-refractivity contribution >= 4 is 11.6 Å². The second-order valence-corrected chi connectivity index (χ2v) is 6.37. The van der Waals surface area contributed by atoms with Crippen molar-refractivity contribution in [2.45, 2.75) is 33.1 Å². The molecule has 3 nitrogen and oxygen atoms in total. The highest BCUT2D eigenvalue weighted by atomic mass is 35.5. The van der Waals surface area contributed by atoms with Gasteiger partial charge in [-0.2, -0.15) is 5.26 Å². The fraction of sp³-hybridized carbons (Fsp3) is 0.294. The fourth-order valence-electron chi connectivity index (χ4n) is 2.04. The Hall–Kier alpha value is -2.05. The van der Waals surface area contributed by atoms with Crippen molar-refractivity contribution in [2.24, 2.45) is 0 Å². The number of pyridine rings is 1. The van der Waals surface area contributed by atoms with E-state index < -0.39 is 0 Å². The lowest BCUT2D eigenvalue weighted by atomic mass is 9.86. The van der Waals surface area contributed by atoms with Crippen molar-refractivity contribution in [3.8, 4) is 17.7 Å². The molecule has 108 valence electrons. The van der Waals surface area contributed by atoms with E-state index in [0.29, 0.717) is 11.4 Å². The van der Waals surface area contributed by atoms with E-state index in [-0.39, 0.29) is 10.6 Å². The first kappa shape index (κ1) is 15.3. The molecule has 1 heterocycles. The molecule has 1 aromatic carbocycles. The topological polar surface area (TPSA) is 45.9 Å². The van der Waals surface area contributed by atoms with Crippen LogP contribution in [0.2, 0.25) is 5.15 Å². The zero-order valence-electron chi connectivity index (χ0n) is 12.6. The third kappa shape index (κ3) is 3.74. The van der Waals surface area contributed by atoms with Crippen LogP contribution in [0, 0.1) is 18.3 Å². The van der Waals surface area contributed by atoms with Gasteiger partial charge in [0.15, 0.2) is 0 Å². The molecule has 0 unspecified atom stereocenters. The zero-order chi connectivity index (χ0) is 15.6. The second kappa shape index (κ2) is 5.75. The van der Waals surface area contributed by atoms with Crippen molar-refractivity contribution in [1.82, 2.24) is 4.98 Å². The number of benzene rings is 1. The van der Waals surface area contributed by atoms with Crippen LogP contribution in [0.1, 0.15) is 37.5 Å². The van der Waals surface area contributed by atoms with Crippen LogP contribution < -0.4 is 4.74 Å². The molecule has 0 N–H and O–H groups in total. The van der Waals surface area contributed by atoms with Gasteiger partial charge in [0.05, 0.1) is 11.6 Å². The van der Waals surface area contributed by atoms with Gasteiger partial charge in [0, 0.05) is 11.6 Å². The first-order valence-electron chi connectivity index (χ1n) is 6.66. The number of rotatable bonds is 2. The summed E-state index contributed by atoms with van der Waals surface area (Å²) in [4.78, 5) is 4.12. The molecule has 2 aromatic rings. The van der Waals surface area contributed by atoms with Crippen LogP contribution >= 0.6 is 11.6 Å². The highest BCUT2D eigenvalue weighted by molar-refractivity contribution is 6.29. The van der Waals surface area contributed by atoms with Crippen LogP contribution in [-0.2, 0) is 5.41 Å². The van der Waals surface area contributed by atoms with E-state index in [1.165, 1.54) is 6.07 Å². The third-order valence-electron chi connectivity index (χ3n) is 3.06. The van der Waals surface area contributed by atoms with Gasteiger partial charge in [-0.1, -0.05) is 44.5 Å². The lowest BCUT2D eigenvalue weighted by Crippen LogP contribution is -2.12. The number of nitrogens with zero attached hydrogens (tertiary/aromatic N) is 2. The van der Waals surface area contributed by atoms with Crippen LogP contribution in [0.4, 0.5) is 0 Å². The van der Waals surface area contributed by atoms with Gasteiger partial charge >= 0.3 is 0 Å². The van der Waals surface area contributed by atoms with Crippen LogP contribution in [0.15, 0.2) is 30.3 Å². The molecule has 0 amide bonds. The van der Waals surface area contributed by atoms with Gasteiger partial charge in [-0.3, -0.25) is 0 Å². The SMILES string of the molecule is Cc1ccc(C(C)(C)C)c(Oc2cc(C#N)cc(Cl)n2)c1. The van der Waals surface area contributed by atoms with Gasteiger partial charge in [-0.15, -0.1) is 0 Å². The van der Waals surface area contributed by atoms with Gasteiger partial charge < -0.3 is 4.74 Å². The van der Waals surface area contributed by atoms with Crippen molar-refractivity contribution in [3.63, 3.8) is 0 Å². The van der Waals surface area contributed by atoms with E-state index in [4.69, 9.17) is 21.6 Å². The Bertz CT molecular complexity index is 712. The van der Waals surface area contributed by atoms with E-state index in [9.17, 15) is 0 Å². The molecule has 1 aromatic heterocycles. The number of ether oxygens (including phenoxy) is 1. The Labute approximate surface area is 130 Å². The van der Waals surface area contributed by atoms with E-state index in [1.807, 2.05) is 19.1 Å². The molecule has 2 rings (SSSR count). The fourth-order valence-corrected chi connectivity index (χ4v) is 2.24. The molecule has 0 radical (unpaired) electrons. The predicted molar refractivity (Wildman–Crippen MR) is 83.9 cm³/mol. The molecule has 4 heteroatoms. The molecule has 0 saturated carbocycles. The quantitative estimate of drug-likeness (QED) is 0.733. The van der Waals surface area contributed by atoms with Gasteiger partial charge in [0.1, 0.15) is 10.9 Å².